The zero-order chi connectivity index (χ0) is 49.0. The Morgan fingerprint density at radius 3 is 1.68 bits per heavy atom. The first kappa shape index (κ1) is 53.9. The number of carboxylic acid groups (broad SMARTS) is 2. The number of rotatable bonds is 27. The van der Waals surface area contributed by atoms with E-state index in [1.165, 1.54) is 19.1 Å². The average molecular weight is 921 g/mol. The summed E-state index contributed by atoms with van der Waals surface area (Å²) in [6.07, 6.45) is -2.14. The molecule has 0 aliphatic rings. The third-order valence-corrected chi connectivity index (χ3v) is 9.39. The van der Waals surface area contributed by atoms with Gasteiger partial charge in [-0.25, -0.2) is 8.78 Å². The van der Waals surface area contributed by atoms with E-state index in [9.17, 15) is 72.0 Å². The highest BCUT2D eigenvalue weighted by molar-refractivity contribution is 5.99. The number of nitrogens with one attached hydrogen (secondary N) is 7. The lowest BCUT2D eigenvalue weighted by molar-refractivity contribution is -0.139. The predicted molar refractivity (Wildman–Crippen MR) is 222 cm³/mol. The molecule has 22 nitrogen and oxygen atoms in total. The van der Waals surface area contributed by atoms with Crippen molar-refractivity contribution in [3.63, 3.8) is 0 Å². The summed E-state index contributed by atoms with van der Waals surface area (Å²) in [4.78, 5) is 126. The SMILES string of the molecule is CC(C)C[C@H](NC(=O)[C@H](CO)NC(=O)[C@H](CCC(=O)O)NC(=O)CNC(=O)[C@H](C)NC(=O)c1ccc(F)cc1F)C(=O)N[C@@H](CCc1ccc(O)cc1)C(=O)N[C@@H](CCC(=O)O)C(N)=O. The number of carboxylic acids is 2. The Bertz CT molecular complexity index is 2060. The van der Waals surface area contributed by atoms with Crippen LogP contribution in [0.4, 0.5) is 8.78 Å². The molecule has 13 N–H and O–H groups in total. The summed E-state index contributed by atoms with van der Waals surface area (Å²) >= 11 is 0. The second-order valence-corrected chi connectivity index (χ2v) is 15.2. The summed E-state index contributed by atoms with van der Waals surface area (Å²) in [5.74, 6) is -13.3. The van der Waals surface area contributed by atoms with Crippen LogP contribution in [-0.4, -0.2) is 129 Å². The minimum absolute atomic E-state index is 0.0351. The Morgan fingerprint density at radius 2 is 1.14 bits per heavy atom. The van der Waals surface area contributed by atoms with Crippen LogP contribution in [0, 0.1) is 17.6 Å². The van der Waals surface area contributed by atoms with Crippen LogP contribution in [0.3, 0.4) is 0 Å². The first-order valence-corrected chi connectivity index (χ1v) is 20.2. The number of phenolic OH excluding ortho intramolecular Hbond substituents is 1. The van der Waals surface area contributed by atoms with Gasteiger partial charge in [0.05, 0.1) is 18.7 Å². The lowest BCUT2D eigenvalue weighted by atomic mass is 10.00. The Hall–Kier alpha value is -7.24. The summed E-state index contributed by atoms with van der Waals surface area (Å²) in [5, 5.41) is 54.1. The number of amides is 8. The van der Waals surface area contributed by atoms with Crippen molar-refractivity contribution in [1.82, 2.24) is 37.2 Å². The molecule has 0 bridgehead atoms. The van der Waals surface area contributed by atoms with Gasteiger partial charge < -0.3 is 63.4 Å². The number of nitrogens with two attached hydrogens (primary N) is 1. The highest BCUT2D eigenvalue weighted by Gasteiger charge is 2.33. The molecule has 65 heavy (non-hydrogen) atoms. The van der Waals surface area contributed by atoms with Crippen molar-refractivity contribution in [3.05, 3.63) is 65.2 Å². The van der Waals surface area contributed by atoms with Gasteiger partial charge in [0, 0.05) is 18.9 Å². The molecule has 0 aromatic heterocycles. The van der Waals surface area contributed by atoms with Crippen LogP contribution < -0.4 is 43.0 Å². The minimum atomic E-state index is -1.80. The van der Waals surface area contributed by atoms with Crippen molar-refractivity contribution in [1.29, 1.82) is 0 Å². The second kappa shape index (κ2) is 26.4. The van der Waals surface area contributed by atoms with Crippen LogP contribution >= 0.6 is 0 Å². The van der Waals surface area contributed by atoms with Crippen molar-refractivity contribution in [3.8, 4) is 5.75 Å². The molecular formula is C41H54F2N8O14. The van der Waals surface area contributed by atoms with Crippen molar-refractivity contribution >= 4 is 59.2 Å². The number of aliphatic carboxylic acids is 2. The maximum atomic E-state index is 14.0. The summed E-state index contributed by atoms with van der Waals surface area (Å²) in [7, 11) is 0. The van der Waals surface area contributed by atoms with Gasteiger partial charge in [-0.2, -0.15) is 0 Å². The van der Waals surface area contributed by atoms with Gasteiger partial charge in [-0.15, -0.1) is 0 Å². The zero-order valence-electron chi connectivity index (χ0n) is 35.7. The molecule has 2 aromatic rings. The molecule has 0 aliphatic heterocycles. The van der Waals surface area contributed by atoms with E-state index in [0.717, 1.165) is 12.1 Å². The lowest BCUT2D eigenvalue weighted by Crippen LogP contribution is -2.60. The summed E-state index contributed by atoms with van der Waals surface area (Å²) in [6.45, 7) is 2.68. The van der Waals surface area contributed by atoms with Crippen molar-refractivity contribution in [2.75, 3.05) is 13.2 Å². The fourth-order valence-electron chi connectivity index (χ4n) is 5.90. The van der Waals surface area contributed by atoms with Gasteiger partial charge in [-0.05, 0) is 74.8 Å². The van der Waals surface area contributed by atoms with Gasteiger partial charge in [0.15, 0.2) is 0 Å². The Morgan fingerprint density at radius 1 is 0.631 bits per heavy atom. The quantitative estimate of drug-likeness (QED) is 0.0472. The third-order valence-electron chi connectivity index (χ3n) is 9.39. The molecular weight excluding hydrogens is 866 g/mol. The topological polar surface area (TPSA) is 362 Å². The van der Waals surface area contributed by atoms with Gasteiger partial charge in [0.2, 0.25) is 41.4 Å². The van der Waals surface area contributed by atoms with E-state index in [1.54, 1.807) is 26.0 Å². The van der Waals surface area contributed by atoms with Crippen molar-refractivity contribution in [2.45, 2.75) is 102 Å². The monoisotopic (exact) mass is 920 g/mol. The number of aliphatic hydroxyl groups is 1. The number of halogens is 2. The maximum Gasteiger partial charge on any atom is 0.303 e. The fraction of sp³-hybridized carbons (Fsp3) is 0.463. The van der Waals surface area contributed by atoms with E-state index in [2.05, 4.69) is 37.2 Å². The fourth-order valence-corrected chi connectivity index (χ4v) is 5.90. The number of carbonyl (C=O) groups is 10. The third kappa shape index (κ3) is 19.4. The molecule has 2 rings (SSSR count). The molecule has 0 saturated carbocycles. The average Bonchev–Trinajstić information content (AvgIpc) is 3.22. The summed E-state index contributed by atoms with van der Waals surface area (Å²) < 4.78 is 27.2. The Kier molecular flexibility index (Phi) is 21.9. The summed E-state index contributed by atoms with van der Waals surface area (Å²) in [5.41, 5.74) is 5.44. The molecule has 0 unspecified atom stereocenters. The van der Waals surface area contributed by atoms with Crippen LogP contribution in [0.15, 0.2) is 42.5 Å². The van der Waals surface area contributed by atoms with Gasteiger partial charge in [-0.1, -0.05) is 26.0 Å². The van der Waals surface area contributed by atoms with Gasteiger partial charge in [0.25, 0.3) is 5.91 Å². The van der Waals surface area contributed by atoms with Crippen molar-refractivity contribution < 1.29 is 77.2 Å². The smallest absolute Gasteiger partial charge is 0.303 e. The van der Waals surface area contributed by atoms with Gasteiger partial charge in [-0.3, -0.25) is 47.9 Å². The van der Waals surface area contributed by atoms with Gasteiger partial charge >= 0.3 is 11.9 Å². The van der Waals surface area contributed by atoms with Crippen LogP contribution in [0.25, 0.3) is 0 Å². The molecule has 0 radical (unpaired) electrons. The number of carbonyl (C=O) groups excluding carboxylic acids is 8. The number of aromatic hydroxyl groups is 1. The number of phenols is 1. The molecule has 0 aliphatic carbocycles. The molecule has 2 aromatic carbocycles. The highest BCUT2D eigenvalue weighted by atomic mass is 19.1. The standard InChI is InChI=1S/C41H54F2N8O14/c1-20(2)16-30(40(64)49-29(11-6-22-4-8-24(53)9-5-22)39(63)48-27(35(44)59)12-14-33(55)56)50-41(65)31(19-52)51-38(62)28(13-15-34(57)58)47-32(54)18-45-36(60)21(3)46-37(61)25-10-7-23(42)17-26(25)43/h4-5,7-10,17,20-21,27-31,52-53H,6,11-16,18-19H2,1-3H3,(H2,44,59)(H,45,60)(H,46,61)(H,47,54)(H,48,63)(H,49,64)(H,50,65)(H,51,62)(H,55,56)(H,57,58)/t21-,27-,28-,29-,30-,31-/m0/s1. The van der Waals surface area contributed by atoms with E-state index in [-0.39, 0.29) is 37.4 Å². The van der Waals surface area contributed by atoms with Gasteiger partial charge in [0.1, 0.15) is 53.6 Å². The van der Waals surface area contributed by atoms with Crippen LogP contribution in [0.5, 0.6) is 5.75 Å². The summed E-state index contributed by atoms with van der Waals surface area (Å²) in [6, 6.07) is -1.04. The van der Waals surface area contributed by atoms with Crippen LogP contribution in [0.1, 0.15) is 75.2 Å². The first-order chi connectivity index (χ1) is 30.5. The lowest BCUT2D eigenvalue weighted by Gasteiger charge is -2.27. The first-order valence-electron chi connectivity index (χ1n) is 20.2. The molecule has 24 heteroatoms. The van der Waals surface area contributed by atoms with Crippen LogP contribution in [0.2, 0.25) is 0 Å². The number of primary amides is 1. The Labute approximate surface area is 370 Å². The molecule has 0 spiro atoms. The van der Waals surface area contributed by atoms with Crippen LogP contribution in [-0.2, 0) is 49.6 Å². The number of aliphatic hydroxyl groups excluding tert-OH is 1. The van der Waals surface area contributed by atoms with E-state index in [1.807, 2.05) is 0 Å². The molecule has 0 heterocycles. The van der Waals surface area contributed by atoms with E-state index >= 15 is 0 Å². The number of benzene rings is 2. The number of hydrogen-bond donors (Lipinski definition) is 12. The maximum absolute atomic E-state index is 14.0. The zero-order valence-corrected chi connectivity index (χ0v) is 35.7. The number of hydrogen-bond acceptors (Lipinski definition) is 12. The molecule has 356 valence electrons. The Balaban J connectivity index is 2.19. The molecule has 8 amide bonds. The minimum Gasteiger partial charge on any atom is -0.508 e. The predicted octanol–water partition coefficient (Wildman–Crippen LogP) is -1.78. The van der Waals surface area contributed by atoms with E-state index in [0.29, 0.717) is 11.6 Å². The largest absolute Gasteiger partial charge is 0.508 e. The number of aryl methyl sites for hydroxylation is 1. The van der Waals surface area contributed by atoms with E-state index < -0.39 is 145 Å². The normalized spacial score (nSPS) is 13.6. The molecule has 6 atom stereocenters. The molecule has 0 fully saturated rings. The van der Waals surface area contributed by atoms with E-state index in [4.69, 9.17) is 10.8 Å². The molecule has 0 saturated heterocycles. The second-order valence-electron chi connectivity index (χ2n) is 15.2. The van der Waals surface area contributed by atoms with Crippen molar-refractivity contribution in [2.24, 2.45) is 11.7 Å². The highest BCUT2D eigenvalue weighted by Crippen LogP contribution is 2.14.